The minimum atomic E-state index is -4.10. The highest BCUT2D eigenvalue weighted by Crippen LogP contribution is 2.21. The van der Waals surface area contributed by atoms with E-state index in [-0.39, 0.29) is 10.6 Å². The predicted octanol–water partition coefficient (Wildman–Crippen LogP) is 2.66. The highest BCUT2D eigenvalue weighted by molar-refractivity contribution is 7.92. The van der Waals surface area contributed by atoms with Crippen molar-refractivity contribution in [3.05, 3.63) is 54.3 Å². The van der Waals surface area contributed by atoms with E-state index in [1.807, 2.05) is 0 Å². The Kier molecular flexibility index (Phi) is 5.81. The first-order valence-corrected chi connectivity index (χ1v) is 10.5. The molecule has 0 aliphatic heterocycles. The lowest BCUT2D eigenvalue weighted by atomic mass is 10.3. The molecule has 0 heterocycles. The molecule has 136 valence electrons. The summed E-state index contributed by atoms with van der Waals surface area (Å²) in [6.07, 6.45) is 0. The molecular weight excluding hydrogens is 367 g/mol. The molecular formula is C16H19FN2O4S2. The van der Waals surface area contributed by atoms with E-state index in [1.54, 1.807) is 13.8 Å². The molecule has 2 rings (SSSR count). The van der Waals surface area contributed by atoms with Crippen molar-refractivity contribution in [3.8, 4) is 0 Å². The lowest BCUT2D eigenvalue weighted by Gasteiger charge is -2.18. The van der Waals surface area contributed by atoms with Crippen molar-refractivity contribution in [1.82, 2.24) is 4.31 Å². The molecule has 0 spiro atoms. The summed E-state index contributed by atoms with van der Waals surface area (Å²) in [6, 6.07) is 10.3. The highest BCUT2D eigenvalue weighted by atomic mass is 32.2. The normalized spacial score (nSPS) is 12.3. The molecule has 0 saturated carbocycles. The number of hydrogen-bond acceptors (Lipinski definition) is 4. The fourth-order valence-electron chi connectivity index (χ4n) is 2.28. The third-order valence-corrected chi connectivity index (χ3v) is 7.05. The summed E-state index contributed by atoms with van der Waals surface area (Å²) in [4.78, 5) is -0.417. The van der Waals surface area contributed by atoms with E-state index in [2.05, 4.69) is 4.72 Å². The molecule has 9 heteroatoms. The summed E-state index contributed by atoms with van der Waals surface area (Å²) in [5.74, 6) is -0.865. The van der Waals surface area contributed by atoms with Crippen LogP contribution in [0.15, 0.2) is 58.3 Å². The average Bonchev–Trinajstić information content (AvgIpc) is 2.56. The van der Waals surface area contributed by atoms with Crippen LogP contribution in [0.5, 0.6) is 0 Å². The van der Waals surface area contributed by atoms with Crippen molar-refractivity contribution < 1.29 is 21.2 Å². The van der Waals surface area contributed by atoms with Crippen molar-refractivity contribution in [1.29, 1.82) is 0 Å². The molecule has 0 fully saturated rings. The Balaban J connectivity index is 2.28. The molecule has 0 bridgehead atoms. The van der Waals surface area contributed by atoms with Gasteiger partial charge in [-0.1, -0.05) is 26.0 Å². The van der Waals surface area contributed by atoms with Gasteiger partial charge in [0, 0.05) is 18.8 Å². The van der Waals surface area contributed by atoms with Crippen molar-refractivity contribution >= 4 is 25.7 Å². The monoisotopic (exact) mass is 386 g/mol. The van der Waals surface area contributed by atoms with Gasteiger partial charge in [0.2, 0.25) is 10.0 Å². The fraction of sp³-hybridized carbons (Fsp3) is 0.250. The second kappa shape index (κ2) is 7.51. The Bertz CT molecular complexity index is 938. The summed E-state index contributed by atoms with van der Waals surface area (Å²) < 4.78 is 66.4. The zero-order valence-electron chi connectivity index (χ0n) is 13.8. The summed E-state index contributed by atoms with van der Waals surface area (Å²) >= 11 is 0. The topological polar surface area (TPSA) is 83.6 Å². The largest absolute Gasteiger partial charge is 0.280 e. The lowest BCUT2D eigenvalue weighted by Crippen LogP contribution is -2.30. The zero-order chi connectivity index (χ0) is 18.7. The van der Waals surface area contributed by atoms with E-state index in [4.69, 9.17) is 0 Å². The molecule has 0 saturated heterocycles. The molecule has 0 amide bonds. The first kappa shape index (κ1) is 19.4. The van der Waals surface area contributed by atoms with Crippen LogP contribution in [0, 0.1) is 5.82 Å². The molecule has 2 aromatic rings. The summed E-state index contributed by atoms with van der Waals surface area (Å²) in [5, 5.41) is 0. The number of sulfonamides is 2. The maximum atomic E-state index is 13.7. The summed E-state index contributed by atoms with van der Waals surface area (Å²) in [5.41, 5.74) is 0.141. The molecule has 25 heavy (non-hydrogen) atoms. The minimum Gasteiger partial charge on any atom is -0.280 e. The van der Waals surface area contributed by atoms with Crippen LogP contribution in [0.3, 0.4) is 0 Å². The molecule has 0 aromatic heterocycles. The first-order chi connectivity index (χ1) is 11.7. The van der Waals surface area contributed by atoms with Crippen molar-refractivity contribution in [2.45, 2.75) is 23.6 Å². The Labute approximate surface area is 147 Å². The van der Waals surface area contributed by atoms with Gasteiger partial charge in [-0.15, -0.1) is 0 Å². The van der Waals surface area contributed by atoms with Crippen LogP contribution >= 0.6 is 0 Å². The van der Waals surface area contributed by atoms with Gasteiger partial charge in [-0.05, 0) is 36.4 Å². The van der Waals surface area contributed by atoms with Crippen LogP contribution in [0.2, 0.25) is 0 Å². The molecule has 2 aromatic carbocycles. The Hall–Kier alpha value is -1.97. The van der Waals surface area contributed by atoms with E-state index in [0.29, 0.717) is 13.1 Å². The van der Waals surface area contributed by atoms with E-state index >= 15 is 0 Å². The number of rotatable bonds is 7. The van der Waals surface area contributed by atoms with Crippen LogP contribution < -0.4 is 4.72 Å². The fourth-order valence-corrected chi connectivity index (χ4v) is 4.88. The van der Waals surface area contributed by atoms with Gasteiger partial charge in [-0.2, -0.15) is 4.31 Å². The van der Waals surface area contributed by atoms with E-state index < -0.39 is 30.8 Å². The van der Waals surface area contributed by atoms with Gasteiger partial charge in [0.25, 0.3) is 10.0 Å². The van der Waals surface area contributed by atoms with Crippen LogP contribution in [0.25, 0.3) is 0 Å². The van der Waals surface area contributed by atoms with Gasteiger partial charge in [-0.25, -0.2) is 21.2 Å². The number of nitrogens with one attached hydrogen (secondary N) is 1. The van der Waals surface area contributed by atoms with Crippen LogP contribution in [0.1, 0.15) is 13.8 Å². The molecule has 0 radical (unpaired) electrons. The van der Waals surface area contributed by atoms with Gasteiger partial charge in [0.05, 0.1) is 4.90 Å². The minimum absolute atomic E-state index is 0.0602. The second-order valence-electron chi connectivity index (χ2n) is 5.15. The van der Waals surface area contributed by atoms with Gasteiger partial charge in [-0.3, -0.25) is 4.72 Å². The number of halogens is 1. The third-order valence-electron chi connectivity index (χ3n) is 3.58. The molecule has 0 aliphatic carbocycles. The van der Waals surface area contributed by atoms with Gasteiger partial charge in [0.1, 0.15) is 10.7 Å². The van der Waals surface area contributed by atoms with E-state index in [9.17, 15) is 21.2 Å². The molecule has 0 atom stereocenters. The maximum Gasteiger partial charge on any atom is 0.264 e. The average molecular weight is 386 g/mol. The van der Waals surface area contributed by atoms with Crippen molar-refractivity contribution in [3.63, 3.8) is 0 Å². The quantitative estimate of drug-likeness (QED) is 0.793. The maximum absolute atomic E-state index is 13.7. The zero-order valence-corrected chi connectivity index (χ0v) is 15.4. The smallest absolute Gasteiger partial charge is 0.264 e. The molecule has 1 N–H and O–H groups in total. The number of hydrogen-bond donors (Lipinski definition) is 1. The van der Waals surface area contributed by atoms with Crippen LogP contribution in [0.4, 0.5) is 10.1 Å². The lowest BCUT2D eigenvalue weighted by molar-refractivity contribution is 0.445. The second-order valence-corrected chi connectivity index (χ2v) is 8.74. The Morgan fingerprint density at radius 1 is 0.920 bits per heavy atom. The van der Waals surface area contributed by atoms with Crippen LogP contribution in [-0.4, -0.2) is 34.2 Å². The molecule has 0 unspecified atom stereocenters. The number of nitrogens with zero attached hydrogens (tertiary/aromatic N) is 1. The van der Waals surface area contributed by atoms with Crippen molar-refractivity contribution in [2.75, 3.05) is 17.8 Å². The standard InChI is InChI=1S/C16H19FN2O4S2/c1-3-19(4-2)25(22,23)14-11-9-13(10-12-14)18-24(20,21)16-8-6-5-7-15(16)17/h5-12,18H,3-4H2,1-2H3. The van der Waals surface area contributed by atoms with Crippen LogP contribution in [-0.2, 0) is 20.0 Å². The third kappa shape index (κ3) is 4.17. The number of benzene rings is 2. The van der Waals surface area contributed by atoms with Gasteiger partial charge >= 0.3 is 0 Å². The first-order valence-electron chi connectivity index (χ1n) is 7.60. The number of anilines is 1. The summed E-state index contributed by atoms with van der Waals surface area (Å²) in [6.45, 7) is 4.14. The highest BCUT2D eigenvalue weighted by Gasteiger charge is 2.22. The molecule has 0 aliphatic rings. The van der Waals surface area contributed by atoms with E-state index in [0.717, 1.165) is 12.1 Å². The Morgan fingerprint density at radius 3 is 2.00 bits per heavy atom. The van der Waals surface area contributed by atoms with E-state index in [1.165, 1.54) is 40.7 Å². The Morgan fingerprint density at radius 2 is 1.48 bits per heavy atom. The SMILES string of the molecule is CCN(CC)S(=O)(=O)c1ccc(NS(=O)(=O)c2ccccc2F)cc1. The predicted molar refractivity (Wildman–Crippen MR) is 93.8 cm³/mol. The van der Waals surface area contributed by atoms with Gasteiger partial charge in [0.15, 0.2) is 0 Å². The summed E-state index contributed by atoms with van der Waals surface area (Å²) in [7, 11) is -7.73. The molecule has 6 nitrogen and oxygen atoms in total. The van der Waals surface area contributed by atoms with Gasteiger partial charge < -0.3 is 0 Å². The van der Waals surface area contributed by atoms with Crippen molar-refractivity contribution in [2.24, 2.45) is 0 Å².